The summed E-state index contributed by atoms with van der Waals surface area (Å²) in [5.74, 6) is 1.64. The number of hydrogen-bond donors (Lipinski definition) is 1. The van der Waals surface area contributed by atoms with Crippen molar-refractivity contribution in [2.45, 2.75) is 46.1 Å². The van der Waals surface area contributed by atoms with Crippen molar-refractivity contribution in [3.05, 3.63) is 29.8 Å². The minimum Gasteiger partial charge on any atom is -0.493 e. The molecule has 144 valence electrons. The topological polar surface area (TPSA) is 24.5 Å². The molecule has 3 nitrogen and oxygen atoms in total. The summed E-state index contributed by atoms with van der Waals surface area (Å²) in [6.07, 6.45) is 5.47. The molecule has 1 spiro atoms. The summed E-state index contributed by atoms with van der Waals surface area (Å²) < 4.78 is 6.01. The van der Waals surface area contributed by atoms with Crippen molar-refractivity contribution in [3.8, 4) is 5.75 Å². The molecule has 2 aliphatic heterocycles. The van der Waals surface area contributed by atoms with Gasteiger partial charge >= 0.3 is 0 Å². The number of benzene rings is 1. The lowest BCUT2D eigenvalue weighted by Crippen LogP contribution is -2.45. The minimum absolute atomic E-state index is 0. The van der Waals surface area contributed by atoms with E-state index in [2.05, 4.69) is 48.3 Å². The van der Waals surface area contributed by atoms with Gasteiger partial charge in [-0.2, -0.15) is 0 Å². The fourth-order valence-electron chi connectivity index (χ4n) is 3.92. The van der Waals surface area contributed by atoms with E-state index in [-0.39, 0.29) is 24.8 Å². The Morgan fingerprint density at radius 2 is 1.68 bits per heavy atom. The van der Waals surface area contributed by atoms with E-state index in [0.717, 1.165) is 18.9 Å². The van der Waals surface area contributed by atoms with E-state index in [0.29, 0.717) is 11.3 Å². The molecule has 0 aromatic heterocycles. The van der Waals surface area contributed by atoms with E-state index in [4.69, 9.17) is 4.74 Å². The molecule has 0 saturated carbocycles. The Kier molecular flexibility index (Phi) is 9.58. The van der Waals surface area contributed by atoms with Crippen LogP contribution >= 0.6 is 24.8 Å². The Hall–Kier alpha value is -0.480. The summed E-state index contributed by atoms with van der Waals surface area (Å²) in [6, 6.07) is 8.57. The smallest absolute Gasteiger partial charge is 0.123 e. The van der Waals surface area contributed by atoms with Crippen LogP contribution in [0.15, 0.2) is 24.3 Å². The molecule has 0 unspecified atom stereocenters. The van der Waals surface area contributed by atoms with Crippen LogP contribution in [0.3, 0.4) is 0 Å². The highest BCUT2D eigenvalue weighted by Crippen LogP contribution is 2.40. The lowest BCUT2D eigenvalue weighted by molar-refractivity contribution is 0.0695. The number of halogens is 2. The Morgan fingerprint density at radius 1 is 1.04 bits per heavy atom. The van der Waals surface area contributed by atoms with Crippen LogP contribution in [0.2, 0.25) is 0 Å². The van der Waals surface area contributed by atoms with Crippen LogP contribution in [0.4, 0.5) is 0 Å². The van der Waals surface area contributed by atoms with Gasteiger partial charge in [0.25, 0.3) is 0 Å². The highest BCUT2D eigenvalue weighted by Gasteiger charge is 2.35. The second-order valence-corrected chi connectivity index (χ2v) is 7.84. The first kappa shape index (κ1) is 22.6. The summed E-state index contributed by atoms with van der Waals surface area (Å²) in [7, 11) is 0. The van der Waals surface area contributed by atoms with Crippen molar-refractivity contribution in [2.75, 3.05) is 32.8 Å². The zero-order chi connectivity index (χ0) is 16.1. The molecular weight excluding hydrogens is 355 g/mol. The van der Waals surface area contributed by atoms with Crippen LogP contribution in [0.5, 0.6) is 5.75 Å². The number of piperidine rings is 2. The molecule has 2 aliphatic rings. The van der Waals surface area contributed by atoms with Gasteiger partial charge in [-0.1, -0.05) is 32.0 Å². The first-order chi connectivity index (χ1) is 11.2. The van der Waals surface area contributed by atoms with Gasteiger partial charge in [0.05, 0.1) is 6.61 Å². The maximum Gasteiger partial charge on any atom is 0.123 e. The summed E-state index contributed by atoms with van der Waals surface area (Å²) in [5, 5.41) is 3.51. The van der Waals surface area contributed by atoms with Gasteiger partial charge in [-0.05, 0) is 69.3 Å². The Morgan fingerprint density at radius 3 is 2.32 bits per heavy atom. The van der Waals surface area contributed by atoms with Crippen molar-refractivity contribution in [1.82, 2.24) is 10.2 Å². The molecule has 0 radical (unpaired) electrons. The van der Waals surface area contributed by atoms with Gasteiger partial charge in [-0.25, -0.2) is 0 Å². The average Bonchev–Trinajstić information content (AvgIpc) is 2.57. The predicted octanol–water partition coefficient (Wildman–Crippen LogP) is 4.53. The van der Waals surface area contributed by atoms with E-state index in [9.17, 15) is 0 Å². The molecule has 1 aromatic rings. The number of rotatable bonds is 5. The lowest BCUT2D eigenvalue weighted by atomic mass is 9.71. The molecule has 0 aliphatic carbocycles. The monoisotopic (exact) mass is 388 g/mol. The zero-order valence-corrected chi connectivity index (χ0v) is 17.3. The first-order valence-electron chi connectivity index (χ1n) is 9.31. The molecule has 1 aromatic carbocycles. The van der Waals surface area contributed by atoms with Crippen molar-refractivity contribution >= 4 is 24.8 Å². The largest absolute Gasteiger partial charge is 0.493 e. The van der Waals surface area contributed by atoms with Crippen molar-refractivity contribution in [1.29, 1.82) is 0 Å². The fourth-order valence-corrected chi connectivity index (χ4v) is 3.92. The fraction of sp³-hybridized carbons (Fsp3) is 0.700. The number of ether oxygens (including phenoxy) is 1. The van der Waals surface area contributed by atoms with Crippen LogP contribution in [-0.2, 0) is 6.54 Å². The highest BCUT2D eigenvalue weighted by atomic mass is 35.5. The van der Waals surface area contributed by atoms with Crippen molar-refractivity contribution < 1.29 is 4.74 Å². The van der Waals surface area contributed by atoms with Crippen LogP contribution in [-0.4, -0.2) is 37.7 Å². The molecule has 3 rings (SSSR count). The molecule has 0 amide bonds. The Bertz CT molecular complexity index is 494. The standard InChI is InChI=1S/C20H32N2O.2ClH/c1-17(2)16-23-19-6-4-3-5-18(19)15-22-13-9-20(10-14-22)7-11-21-12-8-20;;/h3-6,17,21H,7-16H2,1-2H3;2*1H. The third kappa shape index (κ3) is 6.32. The normalized spacial score (nSPS) is 20.0. The summed E-state index contributed by atoms with van der Waals surface area (Å²) in [6.45, 7) is 11.1. The van der Waals surface area contributed by atoms with Gasteiger partial charge < -0.3 is 10.1 Å². The second kappa shape index (κ2) is 10.6. The zero-order valence-electron chi connectivity index (χ0n) is 15.6. The lowest BCUT2D eigenvalue weighted by Gasteiger charge is -2.44. The summed E-state index contributed by atoms with van der Waals surface area (Å²) >= 11 is 0. The molecule has 1 N–H and O–H groups in total. The maximum atomic E-state index is 6.01. The Labute approximate surface area is 165 Å². The van der Waals surface area contributed by atoms with E-state index >= 15 is 0 Å². The maximum absolute atomic E-state index is 6.01. The van der Waals surface area contributed by atoms with E-state index < -0.39 is 0 Å². The van der Waals surface area contributed by atoms with Gasteiger partial charge in [0.1, 0.15) is 5.75 Å². The highest BCUT2D eigenvalue weighted by molar-refractivity contribution is 5.85. The minimum atomic E-state index is 0. The predicted molar refractivity (Wildman–Crippen MR) is 110 cm³/mol. The quantitative estimate of drug-likeness (QED) is 0.801. The molecule has 5 heteroatoms. The van der Waals surface area contributed by atoms with Gasteiger partial charge in [0.2, 0.25) is 0 Å². The van der Waals surface area contributed by atoms with E-state index in [1.165, 1.54) is 57.4 Å². The van der Waals surface area contributed by atoms with Crippen LogP contribution in [0.25, 0.3) is 0 Å². The average molecular weight is 389 g/mol. The number of likely N-dealkylation sites (tertiary alicyclic amines) is 1. The number of nitrogens with zero attached hydrogens (tertiary/aromatic N) is 1. The second-order valence-electron chi connectivity index (χ2n) is 7.84. The number of para-hydroxylation sites is 1. The van der Waals surface area contributed by atoms with Crippen molar-refractivity contribution in [3.63, 3.8) is 0 Å². The van der Waals surface area contributed by atoms with E-state index in [1.807, 2.05) is 0 Å². The Balaban J connectivity index is 0.00000156. The molecule has 25 heavy (non-hydrogen) atoms. The van der Waals surface area contributed by atoms with Gasteiger partial charge in [0.15, 0.2) is 0 Å². The van der Waals surface area contributed by atoms with Gasteiger partial charge in [0, 0.05) is 12.1 Å². The number of hydrogen-bond acceptors (Lipinski definition) is 3. The molecule has 2 saturated heterocycles. The van der Waals surface area contributed by atoms with Gasteiger partial charge in [-0.3, -0.25) is 4.90 Å². The molecule has 2 heterocycles. The third-order valence-corrected chi connectivity index (χ3v) is 5.52. The molecule has 0 bridgehead atoms. The molecule has 0 atom stereocenters. The van der Waals surface area contributed by atoms with Crippen LogP contribution < -0.4 is 10.1 Å². The van der Waals surface area contributed by atoms with Crippen molar-refractivity contribution in [2.24, 2.45) is 11.3 Å². The number of nitrogens with one attached hydrogen (secondary N) is 1. The van der Waals surface area contributed by atoms with Gasteiger partial charge in [-0.15, -0.1) is 24.8 Å². The molecular formula is C20H34Cl2N2O. The summed E-state index contributed by atoms with van der Waals surface area (Å²) in [4.78, 5) is 2.62. The first-order valence-corrected chi connectivity index (χ1v) is 9.31. The SMILES string of the molecule is CC(C)COc1ccccc1CN1CCC2(CCNCC2)CC1.Cl.Cl. The van der Waals surface area contributed by atoms with Crippen LogP contribution in [0, 0.1) is 11.3 Å². The third-order valence-electron chi connectivity index (χ3n) is 5.52. The summed E-state index contributed by atoms with van der Waals surface area (Å²) in [5.41, 5.74) is 1.98. The van der Waals surface area contributed by atoms with E-state index in [1.54, 1.807) is 0 Å². The molecule has 2 fully saturated rings. The van der Waals surface area contributed by atoms with Crippen LogP contribution in [0.1, 0.15) is 45.1 Å².